The van der Waals surface area contributed by atoms with Crippen LogP contribution in [0.1, 0.15) is 55.7 Å². The maximum atomic E-state index is 9.67. The van der Waals surface area contributed by atoms with Gasteiger partial charge < -0.3 is 0 Å². The first-order valence-electron chi connectivity index (χ1n) is 7.56. The number of nitriles is 1. The second kappa shape index (κ2) is 5.78. The lowest BCUT2D eigenvalue weighted by Crippen LogP contribution is -2.28. The molecule has 1 aliphatic carbocycles. The molecule has 1 aromatic rings. The number of aryl methyl sites for hydroxylation is 2. The molecule has 1 saturated carbocycles. The second-order valence-corrected chi connectivity index (χ2v) is 6.35. The summed E-state index contributed by atoms with van der Waals surface area (Å²) in [6, 6.07) is 9.27. The Balaban J connectivity index is 2.16. The van der Waals surface area contributed by atoms with E-state index in [-0.39, 0.29) is 5.41 Å². The molecule has 1 fully saturated rings. The van der Waals surface area contributed by atoms with Crippen LogP contribution in [0.15, 0.2) is 18.2 Å². The fourth-order valence-electron chi connectivity index (χ4n) is 3.32. The predicted octanol–water partition coefficient (Wildman–Crippen LogP) is 4.96. The zero-order valence-corrected chi connectivity index (χ0v) is 12.5. The van der Waals surface area contributed by atoms with E-state index >= 15 is 0 Å². The Morgan fingerprint density at radius 2 is 1.95 bits per heavy atom. The van der Waals surface area contributed by atoms with Crippen molar-refractivity contribution < 1.29 is 0 Å². The minimum Gasteiger partial charge on any atom is -0.198 e. The van der Waals surface area contributed by atoms with Gasteiger partial charge in [0.1, 0.15) is 0 Å². The Kier molecular flexibility index (Phi) is 4.30. The van der Waals surface area contributed by atoms with Crippen molar-refractivity contribution in [3.8, 4) is 6.07 Å². The van der Waals surface area contributed by atoms with Gasteiger partial charge in [0.15, 0.2) is 0 Å². The van der Waals surface area contributed by atoms with Crippen LogP contribution in [0, 0.1) is 36.5 Å². The average Bonchev–Trinajstić information content (AvgIpc) is 2.44. The monoisotopic (exact) mass is 255 g/mol. The van der Waals surface area contributed by atoms with Gasteiger partial charge in [-0.2, -0.15) is 5.26 Å². The standard InChI is InChI=1S/C18H25N/c1-4-16-7-9-18(13-19,10-8-16)12-17-11-14(2)5-6-15(17)3/h5-6,11,16H,4,7-10,12H2,1-3H3. The lowest BCUT2D eigenvalue weighted by atomic mass is 9.67. The Bertz CT molecular complexity index is 473. The number of hydrogen-bond donors (Lipinski definition) is 0. The Labute approximate surface area is 117 Å². The molecular formula is C18H25N. The van der Waals surface area contributed by atoms with E-state index in [1.54, 1.807) is 0 Å². The van der Waals surface area contributed by atoms with Gasteiger partial charge >= 0.3 is 0 Å². The minimum absolute atomic E-state index is 0.107. The van der Waals surface area contributed by atoms with E-state index in [0.29, 0.717) is 0 Å². The van der Waals surface area contributed by atoms with Gasteiger partial charge in [0, 0.05) is 0 Å². The number of rotatable bonds is 3. The van der Waals surface area contributed by atoms with Crippen molar-refractivity contribution >= 4 is 0 Å². The van der Waals surface area contributed by atoms with Crippen LogP contribution in [0.2, 0.25) is 0 Å². The molecule has 0 radical (unpaired) electrons. The summed E-state index contributed by atoms with van der Waals surface area (Å²) in [6.45, 7) is 6.57. The molecule has 0 unspecified atom stereocenters. The second-order valence-electron chi connectivity index (χ2n) is 6.35. The van der Waals surface area contributed by atoms with Crippen LogP contribution in [0.3, 0.4) is 0 Å². The maximum Gasteiger partial charge on any atom is 0.0693 e. The molecule has 1 heteroatoms. The normalized spacial score (nSPS) is 26.9. The molecule has 0 amide bonds. The van der Waals surface area contributed by atoms with E-state index < -0.39 is 0 Å². The summed E-state index contributed by atoms with van der Waals surface area (Å²) in [7, 11) is 0. The minimum atomic E-state index is -0.107. The molecule has 102 valence electrons. The summed E-state index contributed by atoms with van der Waals surface area (Å²) in [5.41, 5.74) is 3.90. The van der Waals surface area contributed by atoms with Crippen LogP contribution in [0.5, 0.6) is 0 Å². The summed E-state index contributed by atoms with van der Waals surface area (Å²) in [5, 5.41) is 9.67. The van der Waals surface area contributed by atoms with E-state index in [4.69, 9.17) is 0 Å². The van der Waals surface area contributed by atoms with Crippen molar-refractivity contribution in [1.29, 1.82) is 5.26 Å². The van der Waals surface area contributed by atoms with Gasteiger partial charge in [0.25, 0.3) is 0 Å². The van der Waals surface area contributed by atoms with E-state index in [9.17, 15) is 5.26 Å². The van der Waals surface area contributed by atoms with Crippen molar-refractivity contribution in [3.63, 3.8) is 0 Å². The number of benzene rings is 1. The zero-order valence-electron chi connectivity index (χ0n) is 12.5. The molecule has 0 aromatic heterocycles. The molecule has 0 saturated heterocycles. The van der Waals surface area contributed by atoms with E-state index in [1.807, 2.05) is 0 Å². The first-order chi connectivity index (χ1) is 9.08. The van der Waals surface area contributed by atoms with Crippen molar-refractivity contribution in [2.75, 3.05) is 0 Å². The fraction of sp³-hybridized carbons (Fsp3) is 0.611. The SMILES string of the molecule is CCC1CCC(C#N)(Cc2cc(C)ccc2C)CC1. The first-order valence-corrected chi connectivity index (χ1v) is 7.56. The van der Waals surface area contributed by atoms with Gasteiger partial charge in [-0.1, -0.05) is 37.1 Å². The molecule has 0 atom stereocenters. The predicted molar refractivity (Wildman–Crippen MR) is 79.9 cm³/mol. The number of hydrogen-bond acceptors (Lipinski definition) is 1. The van der Waals surface area contributed by atoms with Gasteiger partial charge in [0.2, 0.25) is 0 Å². The van der Waals surface area contributed by atoms with E-state index in [1.165, 1.54) is 36.0 Å². The molecule has 0 bridgehead atoms. The molecule has 0 spiro atoms. The van der Waals surface area contributed by atoms with Crippen LogP contribution in [-0.2, 0) is 6.42 Å². The Morgan fingerprint density at radius 3 is 2.53 bits per heavy atom. The highest BCUT2D eigenvalue weighted by Gasteiger charge is 2.35. The zero-order chi connectivity index (χ0) is 13.9. The summed E-state index contributed by atoms with van der Waals surface area (Å²) in [5.74, 6) is 0.847. The lowest BCUT2D eigenvalue weighted by molar-refractivity contribution is 0.205. The Hall–Kier alpha value is -1.29. The number of nitrogens with zero attached hydrogens (tertiary/aromatic N) is 1. The molecule has 0 N–H and O–H groups in total. The highest BCUT2D eigenvalue weighted by molar-refractivity contribution is 5.32. The molecule has 1 nitrogen and oxygen atoms in total. The molecule has 0 aliphatic heterocycles. The average molecular weight is 255 g/mol. The van der Waals surface area contributed by atoms with Crippen LogP contribution >= 0.6 is 0 Å². The topological polar surface area (TPSA) is 23.8 Å². The molecule has 19 heavy (non-hydrogen) atoms. The van der Waals surface area contributed by atoms with Crippen LogP contribution in [0.25, 0.3) is 0 Å². The highest BCUT2D eigenvalue weighted by Crippen LogP contribution is 2.42. The van der Waals surface area contributed by atoms with Crippen molar-refractivity contribution in [1.82, 2.24) is 0 Å². The third kappa shape index (κ3) is 3.18. The summed E-state index contributed by atoms with van der Waals surface area (Å²) in [4.78, 5) is 0. The third-order valence-electron chi connectivity index (χ3n) is 4.91. The molecule has 0 heterocycles. The van der Waals surface area contributed by atoms with Gasteiger partial charge in [-0.05, 0) is 63.0 Å². The summed E-state index contributed by atoms with van der Waals surface area (Å²) >= 11 is 0. The summed E-state index contributed by atoms with van der Waals surface area (Å²) in [6.07, 6.45) is 6.83. The van der Waals surface area contributed by atoms with Gasteiger partial charge in [-0.3, -0.25) is 0 Å². The smallest absolute Gasteiger partial charge is 0.0693 e. The van der Waals surface area contributed by atoms with Gasteiger partial charge in [0.05, 0.1) is 11.5 Å². The van der Waals surface area contributed by atoms with Crippen LogP contribution < -0.4 is 0 Å². The van der Waals surface area contributed by atoms with Crippen molar-refractivity contribution in [3.05, 3.63) is 34.9 Å². The molecular weight excluding hydrogens is 230 g/mol. The third-order valence-corrected chi connectivity index (χ3v) is 4.91. The van der Waals surface area contributed by atoms with Crippen LogP contribution in [0.4, 0.5) is 0 Å². The Morgan fingerprint density at radius 1 is 1.26 bits per heavy atom. The van der Waals surface area contributed by atoms with E-state index in [0.717, 1.165) is 25.2 Å². The molecule has 2 rings (SSSR count). The molecule has 1 aliphatic rings. The quantitative estimate of drug-likeness (QED) is 0.749. The summed E-state index contributed by atoms with van der Waals surface area (Å²) < 4.78 is 0. The van der Waals surface area contributed by atoms with Crippen molar-refractivity contribution in [2.45, 2.75) is 59.3 Å². The van der Waals surface area contributed by atoms with Gasteiger partial charge in [-0.25, -0.2) is 0 Å². The van der Waals surface area contributed by atoms with Gasteiger partial charge in [-0.15, -0.1) is 0 Å². The van der Waals surface area contributed by atoms with Crippen LogP contribution in [-0.4, -0.2) is 0 Å². The first kappa shape index (κ1) is 14.1. The van der Waals surface area contributed by atoms with E-state index in [2.05, 4.69) is 45.0 Å². The fourth-order valence-corrected chi connectivity index (χ4v) is 3.32. The highest BCUT2D eigenvalue weighted by atomic mass is 14.4. The molecule has 1 aromatic carbocycles. The maximum absolute atomic E-state index is 9.67. The lowest BCUT2D eigenvalue weighted by Gasteiger charge is -2.35. The largest absolute Gasteiger partial charge is 0.198 e. The van der Waals surface area contributed by atoms with Crippen molar-refractivity contribution in [2.24, 2.45) is 11.3 Å².